The normalized spacial score (nSPS) is 11.1. The number of carbonyl (C=O) groups is 1. The third-order valence-corrected chi connectivity index (χ3v) is 6.19. The van der Waals surface area contributed by atoms with Crippen LogP contribution < -0.4 is 5.43 Å². The van der Waals surface area contributed by atoms with Crippen LogP contribution >= 0.6 is 11.6 Å². The molecular formula is C30H23ClN4O. The molecule has 0 aliphatic heterocycles. The van der Waals surface area contributed by atoms with Crippen molar-refractivity contribution in [2.24, 2.45) is 5.10 Å². The second-order valence-corrected chi connectivity index (χ2v) is 8.68. The molecule has 0 fully saturated rings. The van der Waals surface area contributed by atoms with Crippen LogP contribution in [0.1, 0.15) is 21.6 Å². The van der Waals surface area contributed by atoms with Crippen LogP contribution in [0.5, 0.6) is 0 Å². The fourth-order valence-corrected chi connectivity index (χ4v) is 4.13. The Morgan fingerprint density at radius 1 is 0.833 bits per heavy atom. The zero-order valence-corrected chi connectivity index (χ0v) is 20.4. The summed E-state index contributed by atoms with van der Waals surface area (Å²) in [5.41, 5.74) is 9.50. The number of nitrogens with one attached hydrogen (secondary N) is 1. The van der Waals surface area contributed by atoms with E-state index in [1.54, 1.807) is 16.8 Å². The first kappa shape index (κ1) is 23.3. The van der Waals surface area contributed by atoms with Crippen LogP contribution in [-0.2, 0) is 0 Å². The van der Waals surface area contributed by atoms with E-state index in [4.69, 9.17) is 11.6 Å². The second kappa shape index (κ2) is 10.4. The summed E-state index contributed by atoms with van der Waals surface area (Å²) in [6, 6.07) is 35.5. The summed E-state index contributed by atoms with van der Waals surface area (Å²) in [6.45, 7) is 2.02. The first-order chi connectivity index (χ1) is 17.6. The van der Waals surface area contributed by atoms with Crippen LogP contribution in [0.15, 0.2) is 114 Å². The predicted molar refractivity (Wildman–Crippen MR) is 146 cm³/mol. The number of hydrazone groups is 1. The quantitative estimate of drug-likeness (QED) is 0.207. The van der Waals surface area contributed by atoms with Crippen LogP contribution in [0, 0.1) is 6.92 Å². The van der Waals surface area contributed by atoms with Gasteiger partial charge in [0.2, 0.25) is 0 Å². The average molecular weight is 491 g/mol. The van der Waals surface area contributed by atoms with Gasteiger partial charge in [-0.05, 0) is 41.8 Å². The number of carbonyl (C=O) groups excluding carboxylic acids is 1. The van der Waals surface area contributed by atoms with Gasteiger partial charge in [0, 0.05) is 16.1 Å². The van der Waals surface area contributed by atoms with Crippen LogP contribution in [0.25, 0.3) is 28.1 Å². The molecule has 1 heterocycles. The van der Waals surface area contributed by atoms with Crippen LogP contribution in [0.3, 0.4) is 0 Å². The fraction of sp³-hybridized carbons (Fsp3) is 0.0333. The number of para-hydroxylation sites is 1. The summed E-state index contributed by atoms with van der Waals surface area (Å²) in [5.74, 6) is -0.409. The Hall–Kier alpha value is -4.48. The summed E-state index contributed by atoms with van der Waals surface area (Å²) in [6.07, 6.45) is 1.52. The number of amides is 1. The largest absolute Gasteiger partial charge is 0.291 e. The molecule has 0 unspecified atom stereocenters. The van der Waals surface area contributed by atoms with Crippen molar-refractivity contribution >= 4 is 23.7 Å². The van der Waals surface area contributed by atoms with Gasteiger partial charge in [0.25, 0.3) is 5.91 Å². The number of halogens is 1. The van der Waals surface area contributed by atoms with E-state index >= 15 is 0 Å². The molecule has 0 saturated heterocycles. The number of hydrogen-bond acceptors (Lipinski definition) is 3. The minimum atomic E-state index is -0.409. The molecule has 0 atom stereocenters. The van der Waals surface area contributed by atoms with Gasteiger partial charge in [-0.25, -0.2) is 10.1 Å². The van der Waals surface area contributed by atoms with Crippen LogP contribution in [-0.4, -0.2) is 21.9 Å². The lowest BCUT2D eigenvalue weighted by Gasteiger charge is -2.11. The Labute approximate surface area is 214 Å². The van der Waals surface area contributed by atoms with Crippen molar-refractivity contribution in [3.63, 3.8) is 0 Å². The molecule has 0 radical (unpaired) electrons. The summed E-state index contributed by atoms with van der Waals surface area (Å²) >= 11 is 6.16. The van der Waals surface area contributed by atoms with Crippen molar-refractivity contribution in [3.05, 3.63) is 131 Å². The second-order valence-electron chi connectivity index (χ2n) is 8.28. The molecule has 1 amide bonds. The van der Waals surface area contributed by atoms with Gasteiger partial charge in [0.1, 0.15) is 0 Å². The Morgan fingerprint density at radius 2 is 1.47 bits per heavy atom. The number of aryl methyl sites for hydroxylation is 1. The van der Waals surface area contributed by atoms with E-state index in [1.807, 2.05) is 79.7 Å². The van der Waals surface area contributed by atoms with Gasteiger partial charge in [0.05, 0.1) is 17.6 Å². The van der Waals surface area contributed by atoms with Crippen molar-refractivity contribution < 1.29 is 4.79 Å². The molecule has 0 aliphatic carbocycles. The maximum absolute atomic E-state index is 12.9. The van der Waals surface area contributed by atoms with Crippen LogP contribution in [0.4, 0.5) is 0 Å². The van der Waals surface area contributed by atoms with Crippen molar-refractivity contribution in [3.8, 4) is 28.1 Å². The van der Waals surface area contributed by atoms with Gasteiger partial charge < -0.3 is 0 Å². The Balaban J connectivity index is 1.48. The van der Waals surface area contributed by atoms with E-state index in [9.17, 15) is 4.79 Å². The molecule has 0 bridgehead atoms. The monoisotopic (exact) mass is 490 g/mol. The van der Waals surface area contributed by atoms with E-state index in [-0.39, 0.29) is 5.69 Å². The maximum Gasteiger partial charge on any atom is 0.291 e. The number of benzene rings is 4. The SMILES string of the molecule is Cc1ccccc1-n1nc(C(=O)N/N=C\c2ccccc2Cl)cc1-c1ccc(-c2ccccc2)cc1. The number of hydrogen-bond donors (Lipinski definition) is 1. The third-order valence-electron chi connectivity index (χ3n) is 5.85. The molecule has 5 nitrogen and oxygen atoms in total. The number of aromatic nitrogens is 2. The molecule has 1 N–H and O–H groups in total. The topological polar surface area (TPSA) is 59.3 Å². The van der Waals surface area contributed by atoms with Gasteiger partial charge >= 0.3 is 0 Å². The smallest absolute Gasteiger partial charge is 0.265 e. The standard InChI is InChI=1S/C30H23ClN4O/c1-21-9-5-8-14-28(21)35-29(24-17-15-23(16-18-24)22-10-3-2-4-11-22)19-27(34-35)30(36)33-32-20-25-12-6-7-13-26(25)31/h2-20H,1H3,(H,33,36)/b32-20-. The molecule has 0 spiro atoms. The highest BCUT2D eigenvalue weighted by Crippen LogP contribution is 2.28. The van der Waals surface area contributed by atoms with Gasteiger partial charge in [0.15, 0.2) is 5.69 Å². The summed E-state index contributed by atoms with van der Waals surface area (Å²) in [5, 5.41) is 9.27. The lowest BCUT2D eigenvalue weighted by atomic mass is 10.0. The first-order valence-electron chi connectivity index (χ1n) is 11.5. The van der Waals surface area contributed by atoms with E-state index < -0.39 is 5.91 Å². The Bertz CT molecular complexity index is 1540. The molecule has 5 aromatic rings. The molecular weight excluding hydrogens is 468 g/mol. The van der Waals surface area contributed by atoms with Crippen LogP contribution in [0.2, 0.25) is 5.02 Å². The molecule has 0 saturated carbocycles. The molecule has 1 aromatic heterocycles. The van der Waals surface area contributed by atoms with Crippen molar-refractivity contribution in [2.75, 3.05) is 0 Å². The van der Waals surface area contributed by atoms with E-state index in [0.717, 1.165) is 33.6 Å². The van der Waals surface area contributed by atoms with E-state index in [2.05, 4.69) is 39.9 Å². The first-order valence-corrected chi connectivity index (χ1v) is 11.9. The summed E-state index contributed by atoms with van der Waals surface area (Å²) < 4.78 is 1.81. The Morgan fingerprint density at radius 3 is 2.22 bits per heavy atom. The van der Waals surface area contributed by atoms with E-state index in [1.165, 1.54) is 6.21 Å². The van der Waals surface area contributed by atoms with Gasteiger partial charge in [-0.3, -0.25) is 4.79 Å². The molecule has 4 aromatic carbocycles. The van der Waals surface area contributed by atoms with Crippen molar-refractivity contribution in [1.29, 1.82) is 0 Å². The lowest BCUT2D eigenvalue weighted by molar-refractivity contribution is 0.0949. The summed E-state index contributed by atoms with van der Waals surface area (Å²) in [7, 11) is 0. The van der Waals surface area contributed by atoms with Gasteiger partial charge in [-0.2, -0.15) is 10.2 Å². The minimum absolute atomic E-state index is 0.261. The predicted octanol–water partition coefficient (Wildman–Crippen LogP) is 6.93. The lowest BCUT2D eigenvalue weighted by Crippen LogP contribution is -2.18. The van der Waals surface area contributed by atoms with Crippen molar-refractivity contribution in [1.82, 2.24) is 15.2 Å². The summed E-state index contributed by atoms with van der Waals surface area (Å²) in [4.78, 5) is 12.9. The number of nitrogens with zero attached hydrogens (tertiary/aromatic N) is 3. The molecule has 6 heteroatoms. The molecule has 36 heavy (non-hydrogen) atoms. The Kier molecular flexibility index (Phi) is 6.74. The highest BCUT2D eigenvalue weighted by molar-refractivity contribution is 6.33. The van der Waals surface area contributed by atoms with Crippen molar-refractivity contribution in [2.45, 2.75) is 6.92 Å². The highest BCUT2D eigenvalue weighted by atomic mass is 35.5. The fourth-order valence-electron chi connectivity index (χ4n) is 3.94. The average Bonchev–Trinajstić information content (AvgIpc) is 3.36. The third kappa shape index (κ3) is 4.97. The highest BCUT2D eigenvalue weighted by Gasteiger charge is 2.17. The zero-order valence-electron chi connectivity index (χ0n) is 19.6. The maximum atomic E-state index is 12.9. The minimum Gasteiger partial charge on any atom is -0.265 e. The van der Waals surface area contributed by atoms with Gasteiger partial charge in [-0.1, -0.05) is 103 Å². The molecule has 0 aliphatic rings. The van der Waals surface area contributed by atoms with E-state index in [0.29, 0.717) is 10.6 Å². The number of rotatable bonds is 6. The zero-order chi connectivity index (χ0) is 24.9. The van der Waals surface area contributed by atoms with Gasteiger partial charge in [-0.15, -0.1) is 0 Å². The molecule has 5 rings (SSSR count). The molecule has 176 valence electrons.